The maximum absolute atomic E-state index is 6.09. The molecule has 0 unspecified atom stereocenters. The molecule has 2 N–H and O–H groups in total. The highest BCUT2D eigenvalue weighted by Gasteiger charge is 2.12. The molecule has 0 aliphatic rings. The molecule has 0 spiro atoms. The molecular formula is C21H26ClN3O. The Morgan fingerprint density at radius 1 is 1.00 bits per heavy atom. The Morgan fingerprint density at radius 3 is 2.50 bits per heavy atom. The summed E-state index contributed by atoms with van der Waals surface area (Å²) in [6, 6.07) is 18.1. The lowest BCUT2D eigenvalue weighted by Crippen LogP contribution is -2.02. The molecule has 4 nitrogen and oxygen atoms in total. The van der Waals surface area contributed by atoms with Crippen LogP contribution in [-0.2, 0) is 13.2 Å². The summed E-state index contributed by atoms with van der Waals surface area (Å²) in [5, 5.41) is 0. The third-order valence-electron chi connectivity index (χ3n) is 4.21. The van der Waals surface area contributed by atoms with Crippen molar-refractivity contribution in [2.45, 2.75) is 39.3 Å². The smallest absolute Gasteiger partial charge is 0.200 e. The number of halogens is 1. The highest BCUT2D eigenvalue weighted by molar-refractivity contribution is 5.85. The Bertz CT molecular complexity index is 802. The minimum absolute atomic E-state index is 0. The van der Waals surface area contributed by atoms with Crippen molar-refractivity contribution in [1.82, 2.24) is 9.55 Å². The van der Waals surface area contributed by atoms with Gasteiger partial charge in [-0.3, -0.25) is 0 Å². The molecular weight excluding hydrogens is 346 g/mol. The van der Waals surface area contributed by atoms with Gasteiger partial charge >= 0.3 is 0 Å². The Kier molecular flexibility index (Phi) is 7.54. The molecule has 0 fully saturated rings. The molecule has 2 aromatic carbocycles. The maximum Gasteiger partial charge on any atom is 0.200 e. The van der Waals surface area contributed by atoms with Crippen LogP contribution >= 0.6 is 12.4 Å². The van der Waals surface area contributed by atoms with E-state index in [0.717, 1.165) is 35.5 Å². The molecule has 0 saturated heterocycles. The Morgan fingerprint density at radius 2 is 1.73 bits per heavy atom. The van der Waals surface area contributed by atoms with Crippen molar-refractivity contribution in [2.24, 2.45) is 0 Å². The van der Waals surface area contributed by atoms with Crippen LogP contribution in [0.2, 0.25) is 0 Å². The van der Waals surface area contributed by atoms with Crippen molar-refractivity contribution in [3.05, 3.63) is 66.4 Å². The number of anilines is 1. The van der Waals surface area contributed by atoms with E-state index in [1.54, 1.807) is 0 Å². The van der Waals surface area contributed by atoms with Gasteiger partial charge in [0.15, 0.2) is 0 Å². The number of benzene rings is 2. The third kappa shape index (κ3) is 5.02. The number of hydrogen-bond acceptors (Lipinski definition) is 3. The molecule has 0 aliphatic heterocycles. The summed E-state index contributed by atoms with van der Waals surface area (Å²) in [5.74, 6) is 1.38. The van der Waals surface area contributed by atoms with E-state index >= 15 is 0 Å². The van der Waals surface area contributed by atoms with Crippen molar-refractivity contribution >= 4 is 18.4 Å². The number of para-hydroxylation sites is 1. The minimum Gasteiger partial charge on any atom is -0.488 e. The molecule has 0 amide bonds. The number of nitrogens with zero attached hydrogens (tertiary/aromatic N) is 2. The quantitative estimate of drug-likeness (QED) is 0.545. The van der Waals surface area contributed by atoms with Crippen LogP contribution in [0.5, 0.6) is 5.75 Å². The van der Waals surface area contributed by atoms with Gasteiger partial charge in [-0.25, -0.2) is 4.98 Å². The van der Waals surface area contributed by atoms with E-state index in [9.17, 15) is 0 Å². The average molecular weight is 372 g/mol. The van der Waals surface area contributed by atoms with E-state index in [1.165, 1.54) is 12.8 Å². The van der Waals surface area contributed by atoms with Crippen LogP contribution in [0.3, 0.4) is 0 Å². The van der Waals surface area contributed by atoms with E-state index in [2.05, 4.69) is 24.0 Å². The molecule has 26 heavy (non-hydrogen) atoms. The van der Waals surface area contributed by atoms with Gasteiger partial charge < -0.3 is 15.0 Å². The summed E-state index contributed by atoms with van der Waals surface area (Å²) in [6.45, 7) is 3.63. The van der Waals surface area contributed by atoms with Crippen molar-refractivity contribution in [2.75, 3.05) is 5.73 Å². The topological polar surface area (TPSA) is 53.1 Å². The monoisotopic (exact) mass is 371 g/mol. The zero-order valence-corrected chi connectivity index (χ0v) is 15.9. The summed E-state index contributed by atoms with van der Waals surface area (Å²) in [5.41, 5.74) is 9.06. The summed E-state index contributed by atoms with van der Waals surface area (Å²) in [6.07, 6.45) is 5.53. The van der Waals surface area contributed by atoms with Crippen molar-refractivity contribution in [1.29, 1.82) is 0 Å². The number of hydrogen-bond donors (Lipinski definition) is 1. The Balaban J connectivity index is 0.00000243. The summed E-state index contributed by atoms with van der Waals surface area (Å²) in [4.78, 5) is 4.54. The van der Waals surface area contributed by atoms with E-state index in [1.807, 2.05) is 53.2 Å². The molecule has 5 heteroatoms. The fourth-order valence-corrected chi connectivity index (χ4v) is 2.81. The number of unbranched alkanes of at least 4 members (excludes halogenated alkanes) is 2. The molecule has 0 radical (unpaired) electrons. The molecule has 138 valence electrons. The first-order valence-electron chi connectivity index (χ1n) is 8.86. The minimum atomic E-state index is 0. The number of ether oxygens (including phenoxy) is 1. The first kappa shape index (κ1) is 19.9. The SMILES string of the molecule is CCCCCn1cc(-c2ccccc2OCc2ccccc2)nc1N.Cl. The molecule has 1 aromatic heterocycles. The predicted molar refractivity (Wildman–Crippen MR) is 110 cm³/mol. The van der Waals surface area contributed by atoms with Crippen LogP contribution in [0, 0.1) is 0 Å². The standard InChI is InChI=1S/C21H25N3O.ClH/c1-2-3-9-14-24-15-19(23-21(24)22)18-12-7-8-13-20(18)25-16-17-10-5-4-6-11-17;/h4-8,10-13,15H,2-3,9,14,16H2,1H3,(H2,22,23);1H. The highest BCUT2D eigenvalue weighted by atomic mass is 35.5. The number of imidazole rings is 1. The van der Waals surface area contributed by atoms with Crippen LogP contribution in [0.25, 0.3) is 11.3 Å². The summed E-state index contributed by atoms with van der Waals surface area (Å²) >= 11 is 0. The van der Waals surface area contributed by atoms with E-state index in [4.69, 9.17) is 10.5 Å². The molecule has 0 saturated carbocycles. The van der Waals surface area contributed by atoms with Crippen molar-refractivity contribution in [3.63, 3.8) is 0 Å². The van der Waals surface area contributed by atoms with Crippen molar-refractivity contribution in [3.8, 4) is 17.0 Å². The molecule has 0 aliphatic carbocycles. The van der Waals surface area contributed by atoms with Gasteiger partial charge in [0.25, 0.3) is 0 Å². The zero-order chi connectivity index (χ0) is 17.5. The van der Waals surface area contributed by atoms with Crippen LogP contribution in [0.1, 0.15) is 31.7 Å². The lowest BCUT2D eigenvalue weighted by Gasteiger charge is -2.10. The first-order valence-corrected chi connectivity index (χ1v) is 8.86. The zero-order valence-electron chi connectivity index (χ0n) is 15.1. The number of rotatable bonds is 8. The van der Waals surface area contributed by atoms with Gasteiger partial charge in [0.2, 0.25) is 5.95 Å². The van der Waals surface area contributed by atoms with Crippen LogP contribution in [0.4, 0.5) is 5.95 Å². The van der Waals surface area contributed by atoms with E-state index in [-0.39, 0.29) is 12.4 Å². The lowest BCUT2D eigenvalue weighted by molar-refractivity contribution is 0.307. The number of nitrogen functional groups attached to an aromatic ring is 1. The van der Waals surface area contributed by atoms with Gasteiger partial charge in [0.1, 0.15) is 12.4 Å². The fourth-order valence-electron chi connectivity index (χ4n) is 2.81. The second-order valence-corrected chi connectivity index (χ2v) is 6.16. The van der Waals surface area contributed by atoms with Crippen LogP contribution in [-0.4, -0.2) is 9.55 Å². The Hall–Kier alpha value is -2.46. The number of aryl methyl sites for hydroxylation is 1. The normalized spacial score (nSPS) is 10.3. The maximum atomic E-state index is 6.09. The van der Waals surface area contributed by atoms with Crippen LogP contribution in [0.15, 0.2) is 60.8 Å². The number of nitrogens with two attached hydrogens (primary N) is 1. The van der Waals surface area contributed by atoms with Gasteiger partial charge in [-0.1, -0.05) is 62.2 Å². The molecule has 3 aromatic rings. The second-order valence-electron chi connectivity index (χ2n) is 6.16. The Labute approximate surface area is 161 Å². The summed E-state index contributed by atoms with van der Waals surface area (Å²) in [7, 11) is 0. The average Bonchev–Trinajstić information content (AvgIpc) is 3.02. The number of aromatic nitrogens is 2. The van der Waals surface area contributed by atoms with Crippen molar-refractivity contribution < 1.29 is 4.74 Å². The summed E-state index contributed by atoms with van der Waals surface area (Å²) < 4.78 is 8.06. The molecule has 1 heterocycles. The molecule has 3 rings (SSSR count). The predicted octanol–water partition coefficient (Wildman–Crippen LogP) is 5.32. The largest absolute Gasteiger partial charge is 0.488 e. The lowest BCUT2D eigenvalue weighted by atomic mass is 10.1. The van der Waals surface area contributed by atoms with Gasteiger partial charge in [0.05, 0.1) is 5.69 Å². The van der Waals surface area contributed by atoms with Gasteiger partial charge in [0, 0.05) is 18.3 Å². The molecule has 0 atom stereocenters. The fraction of sp³-hybridized carbons (Fsp3) is 0.286. The van der Waals surface area contributed by atoms with Gasteiger partial charge in [-0.2, -0.15) is 0 Å². The van der Waals surface area contributed by atoms with E-state index in [0.29, 0.717) is 12.6 Å². The van der Waals surface area contributed by atoms with E-state index < -0.39 is 0 Å². The second kappa shape index (κ2) is 9.88. The van der Waals surface area contributed by atoms with Gasteiger partial charge in [-0.15, -0.1) is 12.4 Å². The van der Waals surface area contributed by atoms with Gasteiger partial charge in [-0.05, 0) is 24.1 Å². The highest BCUT2D eigenvalue weighted by Crippen LogP contribution is 2.30. The first-order chi connectivity index (χ1) is 12.3. The molecule has 0 bridgehead atoms. The van der Waals surface area contributed by atoms with Crippen LogP contribution < -0.4 is 10.5 Å². The third-order valence-corrected chi connectivity index (χ3v) is 4.21.